The molecule has 7 heteroatoms. The number of piperazine rings is 1. The van der Waals surface area contributed by atoms with Crippen LogP contribution in [0.5, 0.6) is 0 Å². The first-order valence-corrected chi connectivity index (χ1v) is 8.77. The highest BCUT2D eigenvalue weighted by molar-refractivity contribution is 6.33. The zero-order chi connectivity index (χ0) is 17.1. The second-order valence-corrected chi connectivity index (χ2v) is 6.79. The Balaban J connectivity index is 1.49. The molecule has 1 aromatic carbocycles. The number of urea groups is 1. The van der Waals surface area contributed by atoms with E-state index in [1.807, 2.05) is 31.2 Å². The summed E-state index contributed by atoms with van der Waals surface area (Å²) < 4.78 is 0. The molecule has 0 spiro atoms. The van der Waals surface area contributed by atoms with Gasteiger partial charge in [-0.05, 0) is 31.9 Å². The van der Waals surface area contributed by atoms with Gasteiger partial charge < -0.3 is 10.2 Å². The van der Waals surface area contributed by atoms with Crippen molar-refractivity contribution in [2.45, 2.75) is 31.8 Å². The van der Waals surface area contributed by atoms with Gasteiger partial charge in [-0.1, -0.05) is 23.7 Å². The number of carbonyl (C=O) groups excluding carboxylic acids is 2. The van der Waals surface area contributed by atoms with Gasteiger partial charge >= 0.3 is 6.03 Å². The fraction of sp³-hybridized carbons (Fsp3) is 0.529. The average Bonchev–Trinajstić information content (AvgIpc) is 3.38. The van der Waals surface area contributed by atoms with Crippen molar-refractivity contribution in [1.29, 1.82) is 0 Å². The van der Waals surface area contributed by atoms with Crippen molar-refractivity contribution in [3.8, 4) is 0 Å². The SMILES string of the molecule is CC(C(=O)NC(=O)NC1CC1)N1CCN(c2ccccc2Cl)CC1. The third-order valence-corrected chi connectivity index (χ3v) is 4.90. The summed E-state index contributed by atoms with van der Waals surface area (Å²) in [5.74, 6) is -0.251. The van der Waals surface area contributed by atoms with Crippen LogP contribution in [0, 0.1) is 0 Å². The summed E-state index contributed by atoms with van der Waals surface area (Å²) in [6.45, 7) is 4.95. The van der Waals surface area contributed by atoms with E-state index in [-0.39, 0.29) is 24.0 Å². The number of hydrogen-bond acceptors (Lipinski definition) is 4. The zero-order valence-corrected chi connectivity index (χ0v) is 14.6. The molecule has 3 rings (SSSR count). The van der Waals surface area contributed by atoms with Gasteiger partial charge in [0.2, 0.25) is 5.91 Å². The third kappa shape index (κ3) is 4.19. The second kappa shape index (κ2) is 7.40. The summed E-state index contributed by atoms with van der Waals surface area (Å²) in [6.07, 6.45) is 2.00. The van der Waals surface area contributed by atoms with Gasteiger partial charge in [-0.3, -0.25) is 15.0 Å². The van der Waals surface area contributed by atoms with Crippen LogP contribution in [0.2, 0.25) is 5.02 Å². The standard InChI is InChI=1S/C17H23ClN4O2/c1-12(16(23)20-17(24)19-13-6-7-13)21-8-10-22(11-9-21)15-5-3-2-4-14(15)18/h2-5,12-13H,6-11H2,1H3,(H2,19,20,23,24). The minimum absolute atomic E-state index is 0.243. The first-order valence-electron chi connectivity index (χ1n) is 8.39. The number of carbonyl (C=O) groups is 2. The molecule has 2 fully saturated rings. The van der Waals surface area contributed by atoms with E-state index < -0.39 is 0 Å². The van der Waals surface area contributed by atoms with E-state index in [0.29, 0.717) is 0 Å². The van der Waals surface area contributed by atoms with E-state index in [9.17, 15) is 9.59 Å². The van der Waals surface area contributed by atoms with E-state index in [1.54, 1.807) is 0 Å². The van der Waals surface area contributed by atoms with Crippen LogP contribution in [0.4, 0.5) is 10.5 Å². The minimum atomic E-state index is -0.385. The van der Waals surface area contributed by atoms with Crippen LogP contribution >= 0.6 is 11.6 Å². The van der Waals surface area contributed by atoms with Crippen LogP contribution in [0.25, 0.3) is 0 Å². The molecule has 130 valence electrons. The van der Waals surface area contributed by atoms with Gasteiger partial charge in [0.1, 0.15) is 0 Å². The van der Waals surface area contributed by atoms with Crippen LogP contribution in [0.1, 0.15) is 19.8 Å². The smallest absolute Gasteiger partial charge is 0.321 e. The first kappa shape index (κ1) is 17.0. The van der Waals surface area contributed by atoms with E-state index in [4.69, 9.17) is 11.6 Å². The van der Waals surface area contributed by atoms with Gasteiger partial charge in [0.15, 0.2) is 0 Å². The highest BCUT2D eigenvalue weighted by atomic mass is 35.5. The Bertz CT molecular complexity index is 612. The molecule has 1 saturated carbocycles. The molecule has 1 aliphatic heterocycles. The number of amides is 3. The lowest BCUT2D eigenvalue weighted by molar-refractivity contribution is -0.124. The van der Waals surface area contributed by atoms with Crippen molar-refractivity contribution in [3.63, 3.8) is 0 Å². The monoisotopic (exact) mass is 350 g/mol. The van der Waals surface area contributed by atoms with Crippen LogP contribution < -0.4 is 15.5 Å². The molecule has 0 radical (unpaired) electrons. The summed E-state index contributed by atoms with van der Waals surface area (Å²) in [6, 6.07) is 7.32. The maximum atomic E-state index is 12.2. The van der Waals surface area contributed by atoms with Gasteiger partial charge in [0.25, 0.3) is 0 Å². The molecule has 24 heavy (non-hydrogen) atoms. The van der Waals surface area contributed by atoms with E-state index in [0.717, 1.165) is 49.7 Å². The number of nitrogens with zero attached hydrogens (tertiary/aromatic N) is 2. The summed E-state index contributed by atoms with van der Waals surface area (Å²) in [5, 5.41) is 5.94. The second-order valence-electron chi connectivity index (χ2n) is 6.39. The molecular weight excluding hydrogens is 328 g/mol. The Morgan fingerprint density at radius 3 is 2.46 bits per heavy atom. The first-order chi connectivity index (χ1) is 11.5. The predicted octanol–water partition coefficient (Wildman–Crippen LogP) is 1.84. The van der Waals surface area contributed by atoms with Gasteiger partial charge in [-0.25, -0.2) is 4.79 Å². The summed E-state index contributed by atoms with van der Waals surface area (Å²) in [4.78, 5) is 28.2. The van der Waals surface area contributed by atoms with Gasteiger partial charge in [-0.15, -0.1) is 0 Å². The molecule has 2 aliphatic rings. The van der Waals surface area contributed by atoms with Crippen molar-refractivity contribution in [3.05, 3.63) is 29.3 Å². The minimum Gasteiger partial charge on any atom is -0.368 e. The summed E-state index contributed by atoms with van der Waals surface area (Å²) >= 11 is 6.25. The number of para-hydroxylation sites is 1. The maximum Gasteiger partial charge on any atom is 0.321 e. The average molecular weight is 351 g/mol. The zero-order valence-electron chi connectivity index (χ0n) is 13.8. The van der Waals surface area contributed by atoms with Crippen molar-refractivity contribution >= 4 is 29.2 Å². The molecule has 1 aliphatic carbocycles. The van der Waals surface area contributed by atoms with Crippen molar-refractivity contribution in [2.24, 2.45) is 0 Å². The Morgan fingerprint density at radius 1 is 1.17 bits per heavy atom. The van der Waals surface area contributed by atoms with Crippen LogP contribution in [-0.2, 0) is 4.79 Å². The Kier molecular flexibility index (Phi) is 5.26. The number of anilines is 1. The summed E-state index contributed by atoms with van der Waals surface area (Å²) in [5.41, 5.74) is 1.03. The third-order valence-electron chi connectivity index (χ3n) is 4.58. The normalized spacial score (nSPS) is 19.7. The van der Waals surface area contributed by atoms with Crippen molar-refractivity contribution in [1.82, 2.24) is 15.5 Å². The topological polar surface area (TPSA) is 64.7 Å². The van der Waals surface area contributed by atoms with Gasteiger partial charge in [-0.2, -0.15) is 0 Å². The number of benzene rings is 1. The highest BCUT2D eigenvalue weighted by Crippen LogP contribution is 2.26. The molecular formula is C17H23ClN4O2. The largest absolute Gasteiger partial charge is 0.368 e. The van der Waals surface area contributed by atoms with Crippen LogP contribution in [-0.4, -0.2) is 55.1 Å². The number of nitrogens with one attached hydrogen (secondary N) is 2. The van der Waals surface area contributed by atoms with Crippen LogP contribution in [0.3, 0.4) is 0 Å². The van der Waals surface area contributed by atoms with E-state index >= 15 is 0 Å². The lowest BCUT2D eigenvalue weighted by Gasteiger charge is -2.38. The van der Waals surface area contributed by atoms with Crippen molar-refractivity contribution in [2.75, 3.05) is 31.1 Å². The lowest BCUT2D eigenvalue weighted by atomic mass is 10.2. The quantitative estimate of drug-likeness (QED) is 0.869. The number of rotatable bonds is 4. The van der Waals surface area contributed by atoms with Gasteiger partial charge in [0.05, 0.1) is 16.8 Å². The van der Waals surface area contributed by atoms with Gasteiger partial charge in [0, 0.05) is 32.2 Å². The summed E-state index contributed by atoms with van der Waals surface area (Å²) in [7, 11) is 0. The molecule has 0 bridgehead atoms. The molecule has 1 saturated heterocycles. The Hall–Kier alpha value is -1.79. The van der Waals surface area contributed by atoms with E-state index in [1.165, 1.54) is 0 Å². The molecule has 2 N–H and O–H groups in total. The fourth-order valence-corrected chi connectivity index (χ4v) is 3.14. The molecule has 1 heterocycles. The molecule has 1 atom stereocenters. The maximum absolute atomic E-state index is 12.2. The fourth-order valence-electron chi connectivity index (χ4n) is 2.89. The van der Waals surface area contributed by atoms with Crippen LogP contribution in [0.15, 0.2) is 24.3 Å². The molecule has 1 aromatic rings. The molecule has 0 aromatic heterocycles. The Morgan fingerprint density at radius 2 is 1.83 bits per heavy atom. The molecule has 1 unspecified atom stereocenters. The highest BCUT2D eigenvalue weighted by Gasteiger charge is 2.29. The molecule has 6 nitrogen and oxygen atoms in total. The van der Waals surface area contributed by atoms with E-state index in [2.05, 4.69) is 20.4 Å². The molecule has 3 amide bonds. The number of halogens is 1. The Labute approximate surface area is 147 Å². The lowest BCUT2D eigenvalue weighted by Crippen LogP contribution is -2.55. The van der Waals surface area contributed by atoms with Crippen molar-refractivity contribution < 1.29 is 9.59 Å². The number of hydrogen-bond donors (Lipinski definition) is 2. The number of imide groups is 1. The predicted molar refractivity (Wildman–Crippen MR) is 94.4 cm³/mol.